The lowest BCUT2D eigenvalue weighted by Crippen LogP contribution is -2.24. The molecule has 0 saturated carbocycles. The SMILES string of the molecule is COc1ccc(Br)cc1S(=O)(=O)NCC=C(C)C. The smallest absolute Gasteiger partial charge is 0.244 e. The Hall–Kier alpha value is -0.850. The molecule has 0 radical (unpaired) electrons. The minimum absolute atomic E-state index is 0.126. The Morgan fingerprint density at radius 3 is 2.67 bits per heavy atom. The first kappa shape index (κ1) is 15.2. The summed E-state index contributed by atoms with van der Waals surface area (Å²) in [5.41, 5.74) is 1.05. The van der Waals surface area contributed by atoms with E-state index in [-0.39, 0.29) is 11.4 Å². The third-order valence-electron chi connectivity index (χ3n) is 2.20. The number of halogens is 1. The highest BCUT2D eigenvalue weighted by atomic mass is 79.9. The Morgan fingerprint density at radius 2 is 2.11 bits per heavy atom. The number of benzene rings is 1. The Morgan fingerprint density at radius 1 is 1.44 bits per heavy atom. The van der Waals surface area contributed by atoms with Crippen molar-refractivity contribution in [2.24, 2.45) is 0 Å². The number of nitrogens with one attached hydrogen (secondary N) is 1. The van der Waals surface area contributed by atoms with Crippen molar-refractivity contribution < 1.29 is 13.2 Å². The van der Waals surface area contributed by atoms with Crippen LogP contribution in [0.4, 0.5) is 0 Å². The summed E-state index contributed by atoms with van der Waals surface area (Å²) >= 11 is 3.25. The topological polar surface area (TPSA) is 55.4 Å². The van der Waals surface area contributed by atoms with Crippen LogP contribution in [-0.2, 0) is 10.0 Å². The zero-order valence-corrected chi connectivity index (χ0v) is 12.9. The lowest BCUT2D eigenvalue weighted by Gasteiger charge is -2.10. The van der Waals surface area contributed by atoms with Gasteiger partial charge in [-0.25, -0.2) is 13.1 Å². The van der Waals surface area contributed by atoms with Crippen molar-refractivity contribution in [1.29, 1.82) is 0 Å². The first-order chi connectivity index (χ1) is 8.36. The summed E-state index contributed by atoms with van der Waals surface area (Å²) in [6.45, 7) is 4.09. The Bertz CT molecular complexity index is 548. The summed E-state index contributed by atoms with van der Waals surface area (Å²) in [5.74, 6) is 0.322. The monoisotopic (exact) mass is 333 g/mol. The fraction of sp³-hybridized carbons (Fsp3) is 0.333. The minimum Gasteiger partial charge on any atom is -0.495 e. The summed E-state index contributed by atoms with van der Waals surface area (Å²) in [4.78, 5) is 0.126. The fourth-order valence-electron chi connectivity index (χ4n) is 1.29. The Kier molecular flexibility index (Phi) is 5.37. The van der Waals surface area contributed by atoms with E-state index in [1.54, 1.807) is 12.1 Å². The molecule has 18 heavy (non-hydrogen) atoms. The van der Waals surface area contributed by atoms with Gasteiger partial charge in [0.25, 0.3) is 0 Å². The normalized spacial score (nSPS) is 11.1. The van der Waals surface area contributed by atoms with E-state index in [0.717, 1.165) is 5.57 Å². The van der Waals surface area contributed by atoms with E-state index in [2.05, 4.69) is 20.7 Å². The summed E-state index contributed by atoms with van der Waals surface area (Å²) in [6, 6.07) is 4.86. The van der Waals surface area contributed by atoms with Crippen LogP contribution in [-0.4, -0.2) is 22.1 Å². The molecule has 0 aliphatic heterocycles. The molecule has 1 rings (SSSR count). The summed E-state index contributed by atoms with van der Waals surface area (Å²) in [6.07, 6.45) is 1.81. The van der Waals surface area contributed by atoms with Gasteiger partial charge in [0.1, 0.15) is 10.6 Å². The molecule has 0 aromatic heterocycles. The molecule has 0 unspecified atom stereocenters. The van der Waals surface area contributed by atoms with Gasteiger partial charge in [0.15, 0.2) is 0 Å². The highest BCUT2D eigenvalue weighted by Gasteiger charge is 2.18. The van der Waals surface area contributed by atoms with Gasteiger partial charge in [0.2, 0.25) is 10.0 Å². The van der Waals surface area contributed by atoms with Gasteiger partial charge in [0, 0.05) is 11.0 Å². The molecule has 4 nitrogen and oxygen atoms in total. The van der Waals surface area contributed by atoms with Crippen LogP contribution in [0.25, 0.3) is 0 Å². The van der Waals surface area contributed by atoms with Crippen LogP contribution in [0, 0.1) is 0 Å². The third kappa shape index (κ3) is 4.12. The van der Waals surface area contributed by atoms with E-state index in [9.17, 15) is 8.42 Å². The van der Waals surface area contributed by atoms with E-state index in [1.807, 2.05) is 19.9 Å². The number of ether oxygens (including phenoxy) is 1. The van der Waals surface area contributed by atoms with Crippen molar-refractivity contribution in [2.75, 3.05) is 13.7 Å². The van der Waals surface area contributed by atoms with Gasteiger partial charge >= 0.3 is 0 Å². The molecular weight excluding hydrogens is 318 g/mol. The van der Waals surface area contributed by atoms with Gasteiger partial charge in [0.05, 0.1) is 7.11 Å². The molecule has 0 amide bonds. The zero-order chi connectivity index (χ0) is 13.8. The maximum atomic E-state index is 12.1. The average molecular weight is 334 g/mol. The molecule has 100 valence electrons. The maximum absolute atomic E-state index is 12.1. The quantitative estimate of drug-likeness (QED) is 0.843. The van der Waals surface area contributed by atoms with Gasteiger partial charge in [-0.2, -0.15) is 0 Å². The summed E-state index contributed by atoms with van der Waals surface area (Å²) < 4.78 is 32.5. The van der Waals surface area contributed by atoms with Crippen LogP contribution in [0.5, 0.6) is 5.75 Å². The molecule has 0 atom stereocenters. The number of sulfonamides is 1. The zero-order valence-electron chi connectivity index (χ0n) is 10.5. The van der Waals surface area contributed by atoms with Crippen LogP contribution in [0.1, 0.15) is 13.8 Å². The number of methoxy groups -OCH3 is 1. The second-order valence-corrected chi connectivity index (χ2v) is 6.58. The number of hydrogen-bond acceptors (Lipinski definition) is 3. The van der Waals surface area contributed by atoms with Gasteiger partial charge in [-0.1, -0.05) is 27.6 Å². The summed E-state index contributed by atoms with van der Waals surface area (Å²) in [7, 11) is -2.13. The van der Waals surface area contributed by atoms with E-state index in [1.165, 1.54) is 13.2 Å². The first-order valence-corrected chi connectivity index (χ1v) is 7.61. The van der Waals surface area contributed by atoms with Crippen molar-refractivity contribution in [1.82, 2.24) is 4.72 Å². The third-order valence-corrected chi connectivity index (χ3v) is 4.14. The molecule has 6 heteroatoms. The van der Waals surface area contributed by atoms with Crippen LogP contribution < -0.4 is 9.46 Å². The number of allylic oxidation sites excluding steroid dienone is 1. The average Bonchev–Trinajstić information content (AvgIpc) is 2.28. The first-order valence-electron chi connectivity index (χ1n) is 5.33. The van der Waals surface area contributed by atoms with E-state index in [0.29, 0.717) is 10.2 Å². The molecule has 0 saturated heterocycles. The predicted molar refractivity (Wildman–Crippen MR) is 75.3 cm³/mol. The Labute approximate surface area is 116 Å². The van der Waals surface area contributed by atoms with E-state index >= 15 is 0 Å². The Balaban J connectivity index is 3.04. The number of hydrogen-bond donors (Lipinski definition) is 1. The molecule has 1 N–H and O–H groups in total. The van der Waals surface area contributed by atoms with Gasteiger partial charge in [-0.05, 0) is 32.0 Å². The van der Waals surface area contributed by atoms with Crippen LogP contribution in [0.15, 0.2) is 39.2 Å². The van der Waals surface area contributed by atoms with Crippen molar-refractivity contribution in [3.05, 3.63) is 34.3 Å². The van der Waals surface area contributed by atoms with Gasteiger partial charge in [-0.15, -0.1) is 0 Å². The van der Waals surface area contributed by atoms with Crippen LogP contribution in [0.2, 0.25) is 0 Å². The molecule has 0 fully saturated rings. The molecular formula is C12H16BrNO3S. The van der Waals surface area contributed by atoms with E-state index in [4.69, 9.17) is 4.74 Å². The maximum Gasteiger partial charge on any atom is 0.244 e. The lowest BCUT2D eigenvalue weighted by atomic mass is 10.3. The highest BCUT2D eigenvalue weighted by molar-refractivity contribution is 9.10. The minimum atomic E-state index is -3.57. The van der Waals surface area contributed by atoms with Crippen LogP contribution >= 0.6 is 15.9 Å². The number of rotatable bonds is 5. The largest absolute Gasteiger partial charge is 0.495 e. The molecule has 1 aromatic carbocycles. The van der Waals surface area contributed by atoms with Crippen molar-refractivity contribution >= 4 is 26.0 Å². The van der Waals surface area contributed by atoms with Crippen molar-refractivity contribution in [2.45, 2.75) is 18.7 Å². The second-order valence-electron chi connectivity index (χ2n) is 3.93. The van der Waals surface area contributed by atoms with Gasteiger partial charge < -0.3 is 4.74 Å². The molecule has 0 aliphatic rings. The van der Waals surface area contributed by atoms with Gasteiger partial charge in [-0.3, -0.25) is 0 Å². The lowest BCUT2D eigenvalue weighted by molar-refractivity contribution is 0.402. The van der Waals surface area contributed by atoms with Crippen LogP contribution in [0.3, 0.4) is 0 Å². The standard InChI is InChI=1S/C12H16BrNO3S/c1-9(2)6-7-14-18(15,16)12-8-10(13)4-5-11(12)17-3/h4-6,8,14H,7H2,1-3H3. The van der Waals surface area contributed by atoms with E-state index < -0.39 is 10.0 Å². The molecule has 0 spiro atoms. The highest BCUT2D eigenvalue weighted by Crippen LogP contribution is 2.26. The molecule has 0 aliphatic carbocycles. The molecule has 0 bridgehead atoms. The molecule has 1 aromatic rings. The summed E-state index contributed by atoms with van der Waals surface area (Å²) in [5, 5.41) is 0. The van der Waals surface area contributed by atoms with Crippen molar-refractivity contribution in [3.63, 3.8) is 0 Å². The second kappa shape index (κ2) is 6.36. The van der Waals surface area contributed by atoms with Crippen molar-refractivity contribution in [3.8, 4) is 5.75 Å². The predicted octanol–water partition coefficient (Wildman–Crippen LogP) is 2.70. The fourth-order valence-corrected chi connectivity index (χ4v) is 2.96. The molecule has 0 heterocycles.